The van der Waals surface area contributed by atoms with Gasteiger partial charge in [0.2, 0.25) is 5.91 Å². The maximum atomic E-state index is 11.0. The lowest BCUT2D eigenvalue weighted by Gasteiger charge is -2.06. The molecule has 4 N–H and O–H groups in total. The Morgan fingerprint density at radius 3 is 2.33 bits per heavy atom. The maximum absolute atomic E-state index is 11.0. The van der Waals surface area contributed by atoms with Gasteiger partial charge in [0.1, 0.15) is 5.75 Å². The van der Waals surface area contributed by atoms with Gasteiger partial charge >= 0.3 is 6.03 Å². The first-order chi connectivity index (χ1) is 8.47. The summed E-state index contributed by atoms with van der Waals surface area (Å²) in [5.74, 6) is -0.373. The number of carbonyl (C=O) groups excluding carboxylic acids is 3. The number of ether oxygens (including phenoxy) is 1. The first kappa shape index (κ1) is 13.5. The highest BCUT2D eigenvalue weighted by Gasteiger charge is 2.05. The molecule has 0 spiro atoms. The lowest BCUT2D eigenvalue weighted by atomic mass is 10.3. The summed E-state index contributed by atoms with van der Waals surface area (Å²) < 4.78 is 5.10. The van der Waals surface area contributed by atoms with Crippen LogP contribution in [0.1, 0.15) is 6.92 Å². The predicted octanol–water partition coefficient (Wildman–Crippen LogP) is 0.219. The summed E-state index contributed by atoms with van der Waals surface area (Å²) in [6, 6.07) is 5.50. The quantitative estimate of drug-likeness (QED) is 0.710. The molecule has 0 heterocycles. The highest BCUT2D eigenvalue weighted by molar-refractivity contribution is 5.94. The number of hydrogen-bond acceptors (Lipinski definition) is 4. The molecule has 0 atom stereocenters. The van der Waals surface area contributed by atoms with Crippen molar-refractivity contribution in [2.24, 2.45) is 5.73 Å². The minimum atomic E-state index is -0.926. The number of anilines is 1. The Labute approximate surface area is 103 Å². The molecule has 0 unspecified atom stereocenters. The van der Waals surface area contributed by atoms with Crippen LogP contribution in [0.4, 0.5) is 10.5 Å². The van der Waals surface area contributed by atoms with Gasteiger partial charge in [-0.2, -0.15) is 0 Å². The van der Waals surface area contributed by atoms with E-state index in [1.165, 1.54) is 6.92 Å². The Bertz CT molecular complexity index is 456. The van der Waals surface area contributed by atoms with Crippen LogP contribution in [0.15, 0.2) is 24.3 Å². The number of carbonyl (C=O) groups is 3. The van der Waals surface area contributed by atoms with Crippen molar-refractivity contribution in [2.75, 3.05) is 11.9 Å². The molecule has 18 heavy (non-hydrogen) atoms. The maximum Gasteiger partial charge on any atom is 0.318 e. The van der Waals surface area contributed by atoms with Crippen molar-refractivity contribution < 1.29 is 19.1 Å². The molecule has 7 heteroatoms. The summed E-state index contributed by atoms with van der Waals surface area (Å²) in [7, 11) is 0. The Morgan fingerprint density at radius 2 is 1.83 bits per heavy atom. The van der Waals surface area contributed by atoms with Gasteiger partial charge in [0.15, 0.2) is 6.61 Å². The molecule has 1 aromatic rings. The zero-order valence-electron chi connectivity index (χ0n) is 9.73. The van der Waals surface area contributed by atoms with Crippen LogP contribution in [0.25, 0.3) is 0 Å². The fraction of sp³-hybridized carbons (Fsp3) is 0.182. The van der Waals surface area contributed by atoms with Crippen molar-refractivity contribution in [3.05, 3.63) is 24.3 Å². The fourth-order valence-electron chi connectivity index (χ4n) is 1.16. The average molecular weight is 251 g/mol. The highest BCUT2D eigenvalue weighted by Crippen LogP contribution is 2.15. The topological polar surface area (TPSA) is 111 Å². The Hall–Kier alpha value is -2.57. The molecule has 0 radical (unpaired) electrons. The summed E-state index contributed by atoms with van der Waals surface area (Å²) in [5.41, 5.74) is 5.38. The van der Waals surface area contributed by atoms with E-state index in [2.05, 4.69) is 5.32 Å². The van der Waals surface area contributed by atoms with Gasteiger partial charge in [-0.05, 0) is 24.3 Å². The second-order valence-electron chi connectivity index (χ2n) is 3.41. The number of hydrogen-bond donors (Lipinski definition) is 3. The van der Waals surface area contributed by atoms with Crippen LogP contribution in [-0.4, -0.2) is 24.5 Å². The molecule has 0 saturated carbocycles. The molecule has 7 nitrogen and oxygen atoms in total. The molecule has 0 fully saturated rings. The number of benzene rings is 1. The van der Waals surface area contributed by atoms with Crippen molar-refractivity contribution in [2.45, 2.75) is 6.92 Å². The van der Waals surface area contributed by atoms with Gasteiger partial charge in [-0.1, -0.05) is 0 Å². The van der Waals surface area contributed by atoms with E-state index in [4.69, 9.17) is 10.5 Å². The summed E-state index contributed by atoms with van der Waals surface area (Å²) in [5, 5.41) is 4.46. The fourth-order valence-corrected chi connectivity index (χ4v) is 1.16. The minimum Gasteiger partial charge on any atom is -0.484 e. The minimum absolute atomic E-state index is 0.176. The second kappa shape index (κ2) is 6.24. The zero-order valence-corrected chi connectivity index (χ0v) is 9.73. The standard InChI is InChI=1S/C11H13N3O4/c1-7(15)13-8-2-4-9(5-3-8)18-6-10(16)14-11(12)17/h2-5H,6H2,1H3,(H,13,15)(H3,12,14,16,17). The van der Waals surface area contributed by atoms with E-state index in [9.17, 15) is 14.4 Å². The van der Waals surface area contributed by atoms with E-state index >= 15 is 0 Å². The summed E-state index contributed by atoms with van der Waals surface area (Å²) in [6.07, 6.45) is 0. The van der Waals surface area contributed by atoms with Crippen molar-refractivity contribution in [3.63, 3.8) is 0 Å². The van der Waals surface area contributed by atoms with Crippen LogP contribution in [0.5, 0.6) is 5.75 Å². The molecular formula is C11H13N3O4. The molecule has 0 aliphatic rings. The lowest BCUT2D eigenvalue weighted by molar-refractivity contribution is -0.122. The molecule has 1 aromatic carbocycles. The van der Waals surface area contributed by atoms with Crippen LogP contribution in [0.3, 0.4) is 0 Å². The number of amides is 4. The van der Waals surface area contributed by atoms with Crippen molar-refractivity contribution >= 4 is 23.5 Å². The lowest BCUT2D eigenvalue weighted by Crippen LogP contribution is -2.38. The number of imide groups is 1. The van der Waals surface area contributed by atoms with Gasteiger partial charge in [0, 0.05) is 12.6 Å². The van der Waals surface area contributed by atoms with Crippen molar-refractivity contribution in [1.29, 1.82) is 0 Å². The summed E-state index contributed by atoms with van der Waals surface area (Å²) >= 11 is 0. The summed E-state index contributed by atoms with van der Waals surface area (Å²) in [4.78, 5) is 32.2. The van der Waals surface area contributed by atoms with Crippen molar-refractivity contribution in [3.8, 4) is 5.75 Å². The third-order valence-corrected chi connectivity index (χ3v) is 1.81. The van der Waals surface area contributed by atoms with Gasteiger partial charge in [-0.25, -0.2) is 4.79 Å². The van der Waals surface area contributed by atoms with Crippen LogP contribution >= 0.6 is 0 Å². The van der Waals surface area contributed by atoms with E-state index in [1.807, 2.05) is 5.32 Å². The van der Waals surface area contributed by atoms with Gasteiger partial charge in [-0.3, -0.25) is 14.9 Å². The molecular weight excluding hydrogens is 238 g/mol. The average Bonchev–Trinajstić information content (AvgIpc) is 2.26. The van der Waals surface area contributed by atoms with Crippen LogP contribution in [-0.2, 0) is 9.59 Å². The molecule has 4 amide bonds. The molecule has 96 valence electrons. The van der Waals surface area contributed by atoms with Gasteiger partial charge in [0.25, 0.3) is 5.91 Å². The number of urea groups is 1. The predicted molar refractivity (Wildman–Crippen MR) is 64.0 cm³/mol. The first-order valence-electron chi connectivity index (χ1n) is 5.07. The van der Waals surface area contributed by atoms with E-state index in [0.717, 1.165) is 0 Å². The highest BCUT2D eigenvalue weighted by atomic mass is 16.5. The van der Waals surface area contributed by atoms with Gasteiger partial charge in [0.05, 0.1) is 0 Å². The third kappa shape index (κ3) is 4.97. The normalized spacial score (nSPS) is 9.39. The molecule has 0 aliphatic heterocycles. The first-order valence-corrected chi connectivity index (χ1v) is 5.07. The van der Waals surface area contributed by atoms with E-state index < -0.39 is 11.9 Å². The second-order valence-corrected chi connectivity index (χ2v) is 3.41. The number of nitrogens with two attached hydrogens (primary N) is 1. The smallest absolute Gasteiger partial charge is 0.318 e. The zero-order chi connectivity index (χ0) is 13.5. The Morgan fingerprint density at radius 1 is 1.22 bits per heavy atom. The number of primary amides is 1. The third-order valence-electron chi connectivity index (χ3n) is 1.81. The number of nitrogens with one attached hydrogen (secondary N) is 2. The summed E-state index contributed by atoms with van der Waals surface area (Å²) in [6.45, 7) is 1.08. The number of rotatable bonds is 4. The molecule has 0 aromatic heterocycles. The van der Waals surface area contributed by atoms with Gasteiger partial charge in [-0.15, -0.1) is 0 Å². The molecule has 0 bridgehead atoms. The molecule has 1 rings (SSSR count). The van der Waals surface area contributed by atoms with Gasteiger partial charge < -0.3 is 15.8 Å². The van der Waals surface area contributed by atoms with E-state index in [-0.39, 0.29) is 12.5 Å². The van der Waals surface area contributed by atoms with E-state index in [1.54, 1.807) is 24.3 Å². The Balaban J connectivity index is 2.46. The molecule has 0 aliphatic carbocycles. The van der Waals surface area contributed by atoms with Crippen LogP contribution < -0.4 is 21.1 Å². The SMILES string of the molecule is CC(=O)Nc1ccc(OCC(=O)NC(N)=O)cc1. The van der Waals surface area contributed by atoms with Crippen LogP contribution in [0, 0.1) is 0 Å². The monoisotopic (exact) mass is 251 g/mol. The largest absolute Gasteiger partial charge is 0.484 e. The van der Waals surface area contributed by atoms with Crippen LogP contribution in [0.2, 0.25) is 0 Å². The molecule has 0 saturated heterocycles. The van der Waals surface area contributed by atoms with E-state index in [0.29, 0.717) is 11.4 Å². The Kier molecular flexibility index (Phi) is 4.67. The van der Waals surface area contributed by atoms with Crippen molar-refractivity contribution in [1.82, 2.24) is 5.32 Å².